The summed E-state index contributed by atoms with van der Waals surface area (Å²) in [6.07, 6.45) is 7.24. The average Bonchev–Trinajstić information content (AvgIpc) is 3.08. The Morgan fingerprint density at radius 3 is 2.82 bits per heavy atom. The molecular weight excluding hydrogens is 372 g/mol. The number of carbonyl (C=O) groups is 1. The summed E-state index contributed by atoms with van der Waals surface area (Å²) in [5.74, 6) is -0.351. The van der Waals surface area contributed by atoms with Gasteiger partial charge in [0, 0.05) is 4.88 Å². The van der Waals surface area contributed by atoms with Gasteiger partial charge in [-0.2, -0.15) is 5.10 Å². The molecule has 0 aliphatic heterocycles. The Kier molecular flexibility index (Phi) is 5.09. The molecule has 1 amide bonds. The van der Waals surface area contributed by atoms with E-state index in [1.165, 1.54) is 15.8 Å². The maximum atomic E-state index is 13.0. The van der Waals surface area contributed by atoms with Crippen LogP contribution in [0.3, 0.4) is 0 Å². The van der Waals surface area contributed by atoms with Gasteiger partial charge in [-0.1, -0.05) is 29.8 Å². The Labute approximate surface area is 166 Å². The lowest BCUT2D eigenvalue weighted by Crippen LogP contribution is -2.34. The van der Waals surface area contributed by atoms with Crippen molar-refractivity contribution in [3.63, 3.8) is 0 Å². The molecule has 0 bridgehead atoms. The fourth-order valence-electron chi connectivity index (χ4n) is 3.48. The van der Waals surface area contributed by atoms with Crippen LogP contribution in [0.2, 0.25) is 0 Å². The minimum absolute atomic E-state index is 0.144. The molecule has 0 radical (unpaired) electrons. The zero-order chi connectivity index (χ0) is 19.7. The van der Waals surface area contributed by atoms with Crippen molar-refractivity contribution in [3.8, 4) is 0 Å². The molecule has 2 aromatic heterocycles. The number of hydrogen-bond acceptors (Lipinski definition) is 5. The molecule has 2 heterocycles. The van der Waals surface area contributed by atoms with Crippen molar-refractivity contribution in [1.29, 1.82) is 0 Å². The second-order valence-corrected chi connectivity index (χ2v) is 8.25. The zero-order valence-corrected chi connectivity index (χ0v) is 16.8. The first-order chi connectivity index (χ1) is 13.5. The molecule has 28 heavy (non-hydrogen) atoms. The second-order valence-electron chi connectivity index (χ2n) is 7.17. The number of nitrogens with zero attached hydrogens (tertiary/aromatic N) is 3. The van der Waals surface area contributed by atoms with E-state index in [-0.39, 0.29) is 11.5 Å². The SMILES string of the molecule is Cc1ccc(C=NNC(=O)[C@H](C)n2cnc3sc4c(c3c2=O)CCCC4)cc1. The molecule has 7 heteroatoms. The molecule has 6 nitrogen and oxygen atoms in total. The van der Waals surface area contributed by atoms with Gasteiger partial charge in [-0.25, -0.2) is 10.4 Å². The third kappa shape index (κ3) is 3.49. The van der Waals surface area contributed by atoms with E-state index in [1.54, 1.807) is 24.5 Å². The first kappa shape index (κ1) is 18.6. The predicted octanol–water partition coefficient (Wildman–Crippen LogP) is 3.36. The third-order valence-corrected chi connectivity index (χ3v) is 6.36. The molecule has 0 fully saturated rings. The van der Waals surface area contributed by atoms with Gasteiger partial charge in [0.1, 0.15) is 10.9 Å². The summed E-state index contributed by atoms with van der Waals surface area (Å²) in [7, 11) is 0. The topological polar surface area (TPSA) is 76.3 Å². The lowest BCUT2D eigenvalue weighted by Gasteiger charge is -2.14. The van der Waals surface area contributed by atoms with Gasteiger partial charge in [0.15, 0.2) is 0 Å². The molecule has 1 aliphatic carbocycles. The predicted molar refractivity (Wildman–Crippen MR) is 112 cm³/mol. The van der Waals surface area contributed by atoms with E-state index in [9.17, 15) is 9.59 Å². The maximum Gasteiger partial charge on any atom is 0.263 e. The van der Waals surface area contributed by atoms with Crippen molar-refractivity contribution in [2.45, 2.75) is 45.6 Å². The fourth-order valence-corrected chi connectivity index (χ4v) is 4.70. The van der Waals surface area contributed by atoms with Gasteiger partial charge in [-0.3, -0.25) is 14.2 Å². The van der Waals surface area contributed by atoms with Gasteiger partial charge in [-0.15, -0.1) is 11.3 Å². The number of aryl methyl sites for hydroxylation is 3. The Hall–Kier alpha value is -2.80. The lowest BCUT2D eigenvalue weighted by molar-refractivity contribution is -0.123. The molecule has 1 N–H and O–H groups in total. The molecule has 3 aromatic rings. The van der Waals surface area contributed by atoms with Crippen LogP contribution in [0, 0.1) is 6.92 Å². The first-order valence-electron chi connectivity index (χ1n) is 9.45. The monoisotopic (exact) mass is 394 g/mol. The molecular formula is C21H22N4O2S. The van der Waals surface area contributed by atoms with Gasteiger partial charge in [0.2, 0.25) is 0 Å². The highest BCUT2D eigenvalue weighted by molar-refractivity contribution is 7.18. The lowest BCUT2D eigenvalue weighted by atomic mass is 9.97. The summed E-state index contributed by atoms with van der Waals surface area (Å²) < 4.78 is 1.40. The Bertz CT molecular complexity index is 1110. The van der Waals surface area contributed by atoms with Crippen molar-refractivity contribution < 1.29 is 4.79 Å². The summed E-state index contributed by atoms with van der Waals surface area (Å²) in [4.78, 5) is 32.0. The largest absolute Gasteiger partial charge is 0.286 e. The van der Waals surface area contributed by atoms with Crippen LogP contribution < -0.4 is 11.0 Å². The van der Waals surface area contributed by atoms with E-state index < -0.39 is 6.04 Å². The number of rotatable bonds is 4. The van der Waals surface area contributed by atoms with Crippen molar-refractivity contribution in [2.75, 3.05) is 0 Å². The smallest absolute Gasteiger partial charge is 0.263 e. The molecule has 4 rings (SSSR count). The number of aromatic nitrogens is 2. The van der Waals surface area contributed by atoms with Crippen LogP contribution in [0.5, 0.6) is 0 Å². The van der Waals surface area contributed by atoms with Crippen LogP contribution in [0.25, 0.3) is 10.2 Å². The van der Waals surface area contributed by atoms with E-state index in [1.807, 2.05) is 31.2 Å². The van der Waals surface area contributed by atoms with Crippen molar-refractivity contribution >= 4 is 33.7 Å². The third-order valence-electron chi connectivity index (χ3n) is 5.16. The van der Waals surface area contributed by atoms with Gasteiger partial charge in [0.25, 0.3) is 11.5 Å². The summed E-state index contributed by atoms with van der Waals surface area (Å²) in [6.45, 7) is 3.70. The summed E-state index contributed by atoms with van der Waals surface area (Å²) in [6, 6.07) is 7.12. The summed E-state index contributed by atoms with van der Waals surface area (Å²) >= 11 is 1.61. The Morgan fingerprint density at radius 1 is 1.29 bits per heavy atom. The van der Waals surface area contributed by atoms with Crippen LogP contribution in [0.15, 0.2) is 40.5 Å². The van der Waals surface area contributed by atoms with Gasteiger partial charge in [-0.05, 0) is 50.7 Å². The van der Waals surface area contributed by atoms with Crippen molar-refractivity contribution in [3.05, 3.63) is 62.5 Å². The van der Waals surface area contributed by atoms with Gasteiger partial charge >= 0.3 is 0 Å². The van der Waals surface area contributed by atoms with Crippen LogP contribution in [0.4, 0.5) is 0 Å². The minimum Gasteiger partial charge on any atom is -0.286 e. The van der Waals surface area contributed by atoms with Crippen molar-refractivity contribution in [2.24, 2.45) is 5.10 Å². The number of hydrogen-bond donors (Lipinski definition) is 1. The molecule has 1 atom stereocenters. The number of hydrazone groups is 1. The number of thiophene rings is 1. The quantitative estimate of drug-likeness (QED) is 0.545. The maximum absolute atomic E-state index is 13.0. The Balaban J connectivity index is 1.55. The van der Waals surface area contributed by atoms with E-state index >= 15 is 0 Å². The van der Waals surface area contributed by atoms with Crippen LogP contribution in [-0.2, 0) is 17.6 Å². The molecule has 144 valence electrons. The average molecular weight is 395 g/mol. The van der Waals surface area contributed by atoms with Gasteiger partial charge in [0.05, 0.1) is 17.9 Å². The standard InChI is InChI=1S/C21H22N4O2S/c1-13-7-9-15(10-8-13)11-23-24-19(26)14(2)25-12-22-20-18(21(25)27)16-5-3-4-6-17(16)28-20/h7-12,14H,3-6H2,1-2H3,(H,24,26)/t14-/m0/s1. The number of benzene rings is 1. The van der Waals surface area contributed by atoms with Crippen LogP contribution >= 0.6 is 11.3 Å². The van der Waals surface area contributed by atoms with Crippen LogP contribution in [0.1, 0.15) is 47.4 Å². The van der Waals surface area contributed by atoms with E-state index in [0.717, 1.165) is 47.2 Å². The number of fused-ring (bicyclic) bond motifs is 3. The number of nitrogens with one attached hydrogen (secondary N) is 1. The number of carbonyl (C=O) groups excluding carboxylic acids is 1. The van der Waals surface area contributed by atoms with E-state index in [2.05, 4.69) is 15.5 Å². The normalized spacial score (nSPS) is 14.9. The molecule has 0 spiro atoms. The first-order valence-corrected chi connectivity index (χ1v) is 10.3. The fraction of sp³-hybridized carbons (Fsp3) is 0.333. The summed E-state index contributed by atoms with van der Waals surface area (Å²) in [5, 5.41) is 4.70. The second kappa shape index (κ2) is 7.67. The van der Waals surface area contributed by atoms with E-state index in [4.69, 9.17) is 0 Å². The molecule has 0 saturated carbocycles. The Morgan fingerprint density at radius 2 is 2.04 bits per heavy atom. The highest BCUT2D eigenvalue weighted by atomic mass is 32.1. The highest BCUT2D eigenvalue weighted by Gasteiger charge is 2.23. The minimum atomic E-state index is -0.696. The zero-order valence-electron chi connectivity index (χ0n) is 15.9. The van der Waals surface area contributed by atoms with E-state index in [0.29, 0.717) is 5.39 Å². The molecule has 0 unspecified atom stereocenters. The molecule has 0 saturated heterocycles. The highest BCUT2D eigenvalue weighted by Crippen LogP contribution is 2.33. The number of amides is 1. The molecule has 1 aromatic carbocycles. The van der Waals surface area contributed by atoms with Crippen LogP contribution in [-0.4, -0.2) is 21.7 Å². The van der Waals surface area contributed by atoms with Gasteiger partial charge < -0.3 is 0 Å². The summed E-state index contributed by atoms with van der Waals surface area (Å²) in [5.41, 5.74) is 5.56. The van der Waals surface area contributed by atoms with Crippen molar-refractivity contribution in [1.82, 2.24) is 15.0 Å². The molecule has 1 aliphatic rings.